The minimum absolute atomic E-state index is 0.292. The zero-order valence-corrected chi connectivity index (χ0v) is 17.2. The Morgan fingerprint density at radius 1 is 1.03 bits per heavy atom. The van der Waals surface area contributed by atoms with Crippen molar-refractivity contribution in [1.82, 2.24) is 15.5 Å². The van der Waals surface area contributed by atoms with Crippen LogP contribution in [0, 0.1) is 0 Å². The van der Waals surface area contributed by atoms with Gasteiger partial charge in [-0.1, -0.05) is 48.5 Å². The summed E-state index contributed by atoms with van der Waals surface area (Å²) in [6.45, 7) is 5.75. The molecule has 1 aliphatic heterocycles. The number of morpholine rings is 1. The van der Waals surface area contributed by atoms with E-state index in [-0.39, 0.29) is 0 Å². The van der Waals surface area contributed by atoms with Gasteiger partial charge in [0.15, 0.2) is 5.96 Å². The number of ether oxygens (including phenoxy) is 2. The van der Waals surface area contributed by atoms with E-state index in [4.69, 9.17) is 9.47 Å². The molecular weight excluding hydrogens is 364 g/mol. The van der Waals surface area contributed by atoms with Crippen LogP contribution in [0.1, 0.15) is 18.0 Å². The molecule has 0 bridgehead atoms. The number of nitrogens with zero attached hydrogens (tertiary/aromatic N) is 2. The van der Waals surface area contributed by atoms with Gasteiger partial charge in [-0.15, -0.1) is 0 Å². The van der Waals surface area contributed by atoms with Crippen molar-refractivity contribution < 1.29 is 9.47 Å². The zero-order valence-electron chi connectivity index (χ0n) is 17.2. The Labute approximate surface area is 173 Å². The number of aliphatic imine (C=N–C) groups is 1. The molecule has 2 aromatic rings. The van der Waals surface area contributed by atoms with Crippen molar-refractivity contribution in [3.8, 4) is 5.75 Å². The summed E-state index contributed by atoms with van der Waals surface area (Å²) in [6.07, 6.45) is 0.904. The third-order valence-corrected chi connectivity index (χ3v) is 4.98. The van der Waals surface area contributed by atoms with Crippen LogP contribution in [-0.2, 0) is 4.74 Å². The van der Waals surface area contributed by atoms with E-state index in [1.807, 2.05) is 37.4 Å². The van der Waals surface area contributed by atoms with Gasteiger partial charge in [0.1, 0.15) is 5.75 Å². The second-order valence-corrected chi connectivity index (χ2v) is 6.97. The quantitative estimate of drug-likeness (QED) is 0.388. The van der Waals surface area contributed by atoms with Gasteiger partial charge in [0.25, 0.3) is 0 Å². The smallest absolute Gasteiger partial charge is 0.191 e. The molecule has 0 aliphatic carbocycles. The van der Waals surface area contributed by atoms with Gasteiger partial charge in [-0.2, -0.15) is 0 Å². The van der Waals surface area contributed by atoms with Gasteiger partial charge in [0.05, 0.1) is 25.9 Å². The molecule has 0 amide bonds. The molecule has 0 radical (unpaired) electrons. The molecule has 3 rings (SSSR count). The molecule has 1 aliphatic rings. The average Bonchev–Trinajstić information content (AvgIpc) is 2.80. The van der Waals surface area contributed by atoms with E-state index in [1.165, 1.54) is 5.56 Å². The Hall–Kier alpha value is -2.57. The van der Waals surface area contributed by atoms with Crippen LogP contribution >= 0.6 is 0 Å². The van der Waals surface area contributed by atoms with Crippen LogP contribution in [0.2, 0.25) is 0 Å². The van der Waals surface area contributed by atoms with E-state index in [0.29, 0.717) is 12.6 Å². The molecule has 6 nitrogen and oxygen atoms in total. The normalized spacial score (nSPS) is 16.2. The van der Waals surface area contributed by atoms with Crippen molar-refractivity contribution in [2.75, 3.05) is 53.0 Å². The Morgan fingerprint density at radius 2 is 1.72 bits per heavy atom. The molecule has 1 heterocycles. The molecule has 29 heavy (non-hydrogen) atoms. The SMILES string of the molecule is CN=C(NCCCOc1ccccc1)NCC(c1ccccc1)N1CCOCC1. The van der Waals surface area contributed by atoms with Crippen molar-refractivity contribution in [2.45, 2.75) is 12.5 Å². The molecule has 2 aromatic carbocycles. The number of para-hydroxylation sites is 1. The highest BCUT2D eigenvalue weighted by molar-refractivity contribution is 5.79. The second-order valence-electron chi connectivity index (χ2n) is 6.97. The Bertz CT molecular complexity index is 718. The lowest BCUT2D eigenvalue weighted by Crippen LogP contribution is -2.46. The minimum atomic E-state index is 0.292. The van der Waals surface area contributed by atoms with Crippen LogP contribution in [0.3, 0.4) is 0 Å². The second kappa shape index (κ2) is 12.1. The van der Waals surface area contributed by atoms with Crippen LogP contribution in [0.15, 0.2) is 65.7 Å². The third-order valence-electron chi connectivity index (χ3n) is 4.98. The summed E-state index contributed by atoms with van der Waals surface area (Å²) in [5.74, 6) is 1.73. The molecule has 156 valence electrons. The fourth-order valence-electron chi connectivity index (χ4n) is 3.42. The Kier molecular flexibility index (Phi) is 8.82. The standard InChI is InChI=1S/C23H32N4O2/c1-24-23(25-13-8-16-29-21-11-6-3-7-12-21)26-19-22(20-9-4-2-5-10-20)27-14-17-28-18-15-27/h2-7,9-12,22H,8,13-19H2,1H3,(H2,24,25,26). The van der Waals surface area contributed by atoms with E-state index in [0.717, 1.165) is 57.5 Å². The highest BCUT2D eigenvalue weighted by Crippen LogP contribution is 2.21. The van der Waals surface area contributed by atoms with Crippen LogP contribution in [-0.4, -0.2) is 63.9 Å². The van der Waals surface area contributed by atoms with Crippen molar-refractivity contribution in [3.05, 3.63) is 66.2 Å². The molecule has 2 N–H and O–H groups in total. The number of rotatable bonds is 9. The summed E-state index contributed by atoms with van der Waals surface area (Å²) in [6, 6.07) is 20.8. The molecule has 0 spiro atoms. The zero-order chi connectivity index (χ0) is 20.2. The largest absolute Gasteiger partial charge is 0.494 e. The summed E-state index contributed by atoms with van der Waals surface area (Å²) >= 11 is 0. The van der Waals surface area contributed by atoms with Crippen molar-refractivity contribution in [1.29, 1.82) is 0 Å². The molecular formula is C23H32N4O2. The minimum Gasteiger partial charge on any atom is -0.494 e. The van der Waals surface area contributed by atoms with Gasteiger partial charge in [0, 0.05) is 33.2 Å². The lowest BCUT2D eigenvalue weighted by molar-refractivity contribution is 0.0170. The Balaban J connectivity index is 1.44. The Morgan fingerprint density at radius 3 is 2.41 bits per heavy atom. The van der Waals surface area contributed by atoms with Crippen LogP contribution in [0.25, 0.3) is 0 Å². The van der Waals surface area contributed by atoms with E-state index >= 15 is 0 Å². The summed E-state index contributed by atoms with van der Waals surface area (Å²) in [7, 11) is 1.81. The van der Waals surface area contributed by atoms with Crippen LogP contribution in [0.4, 0.5) is 0 Å². The monoisotopic (exact) mass is 396 g/mol. The predicted octanol–water partition coefficient (Wildman–Crippen LogP) is 2.69. The number of nitrogens with one attached hydrogen (secondary N) is 2. The first-order valence-electron chi connectivity index (χ1n) is 10.4. The lowest BCUT2D eigenvalue weighted by Gasteiger charge is -2.35. The average molecular weight is 397 g/mol. The highest BCUT2D eigenvalue weighted by Gasteiger charge is 2.22. The van der Waals surface area contributed by atoms with Crippen LogP contribution < -0.4 is 15.4 Å². The molecule has 1 unspecified atom stereocenters. The summed E-state index contributed by atoms with van der Waals surface area (Å²) in [5.41, 5.74) is 1.31. The number of hydrogen-bond acceptors (Lipinski definition) is 4. The lowest BCUT2D eigenvalue weighted by atomic mass is 10.0. The van der Waals surface area contributed by atoms with Gasteiger partial charge in [-0.05, 0) is 24.1 Å². The molecule has 0 saturated carbocycles. The van der Waals surface area contributed by atoms with Crippen molar-refractivity contribution in [2.24, 2.45) is 4.99 Å². The summed E-state index contributed by atoms with van der Waals surface area (Å²) in [5, 5.41) is 6.87. The van der Waals surface area contributed by atoms with Gasteiger partial charge in [-0.3, -0.25) is 9.89 Å². The molecule has 1 atom stereocenters. The molecule has 0 aromatic heterocycles. The van der Waals surface area contributed by atoms with Gasteiger partial charge in [-0.25, -0.2) is 0 Å². The fourth-order valence-corrected chi connectivity index (χ4v) is 3.42. The van der Waals surface area contributed by atoms with Crippen molar-refractivity contribution in [3.63, 3.8) is 0 Å². The topological polar surface area (TPSA) is 58.1 Å². The fraction of sp³-hybridized carbons (Fsp3) is 0.435. The van der Waals surface area contributed by atoms with Crippen molar-refractivity contribution >= 4 is 5.96 Å². The molecule has 6 heteroatoms. The predicted molar refractivity (Wildman–Crippen MR) is 117 cm³/mol. The number of hydrogen-bond donors (Lipinski definition) is 2. The third kappa shape index (κ3) is 7.07. The van der Waals surface area contributed by atoms with Gasteiger partial charge < -0.3 is 20.1 Å². The maximum absolute atomic E-state index is 5.74. The maximum Gasteiger partial charge on any atom is 0.191 e. The van der Waals surface area contributed by atoms with E-state index in [1.54, 1.807) is 0 Å². The van der Waals surface area contributed by atoms with E-state index in [2.05, 4.69) is 50.9 Å². The number of benzene rings is 2. The summed E-state index contributed by atoms with van der Waals surface area (Å²) < 4.78 is 11.3. The highest BCUT2D eigenvalue weighted by atomic mass is 16.5. The van der Waals surface area contributed by atoms with E-state index < -0.39 is 0 Å². The molecule has 1 saturated heterocycles. The van der Waals surface area contributed by atoms with Gasteiger partial charge in [0.2, 0.25) is 0 Å². The van der Waals surface area contributed by atoms with Gasteiger partial charge >= 0.3 is 0 Å². The molecule has 1 fully saturated rings. The number of guanidine groups is 1. The first-order chi connectivity index (χ1) is 14.4. The maximum atomic E-state index is 5.74. The summed E-state index contributed by atoms with van der Waals surface area (Å²) in [4.78, 5) is 6.84. The van der Waals surface area contributed by atoms with Crippen LogP contribution in [0.5, 0.6) is 5.75 Å². The van der Waals surface area contributed by atoms with E-state index in [9.17, 15) is 0 Å². The first kappa shape index (κ1) is 21.1. The first-order valence-corrected chi connectivity index (χ1v) is 10.4.